The minimum absolute atomic E-state index is 0.0562. The number of piperazine rings is 1. The first-order valence-corrected chi connectivity index (χ1v) is 9.32. The van der Waals surface area contributed by atoms with Gasteiger partial charge >= 0.3 is 0 Å². The molecule has 5 heteroatoms. The van der Waals surface area contributed by atoms with E-state index in [1.54, 1.807) is 0 Å². The number of nitrogens with zero attached hydrogens (tertiary/aromatic N) is 3. The largest absolute Gasteiger partial charge is 0.309 e. The van der Waals surface area contributed by atoms with Gasteiger partial charge in [-0.1, -0.05) is 24.6 Å². The van der Waals surface area contributed by atoms with Crippen LogP contribution in [0.25, 0.3) is 0 Å². The third kappa shape index (κ3) is 2.96. The van der Waals surface area contributed by atoms with E-state index in [2.05, 4.69) is 15.1 Å². The normalized spacial score (nSPS) is 26.5. The van der Waals surface area contributed by atoms with Crippen LogP contribution in [0.1, 0.15) is 35.2 Å². The molecule has 130 valence electrons. The van der Waals surface area contributed by atoms with E-state index in [9.17, 15) is 4.79 Å². The number of nitrogens with one attached hydrogen (secondary N) is 1. The fraction of sp³-hybridized carbons (Fsp3) is 0.632. The van der Waals surface area contributed by atoms with Crippen molar-refractivity contribution < 1.29 is 4.79 Å². The molecule has 2 heterocycles. The van der Waals surface area contributed by atoms with Gasteiger partial charge in [0.05, 0.1) is 0 Å². The van der Waals surface area contributed by atoms with Crippen LogP contribution in [0.4, 0.5) is 0 Å². The topological polar surface area (TPSA) is 38.8 Å². The summed E-state index contributed by atoms with van der Waals surface area (Å²) in [5, 5.41) is 3.53. The fourth-order valence-electron chi connectivity index (χ4n) is 4.15. The summed E-state index contributed by atoms with van der Waals surface area (Å²) in [6.07, 6.45) is 4.20. The minimum atomic E-state index is 0.0562. The number of amides is 1. The average molecular weight is 328 g/mol. The summed E-state index contributed by atoms with van der Waals surface area (Å²) in [4.78, 5) is 20.1. The summed E-state index contributed by atoms with van der Waals surface area (Å²) in [5.41, 5.74) is 1.89. The molecule has 2 saturated heterocycles. The number of aryl methyl sites for hydroxylation is 1. The number of hydrogen-bond donors (Lipinski definition) is 1. The van der Waals surface area contributed by atoms with Crippen molar-refractivity contribution in [3.8, 4) is 0 Å². The first-order valence-electron chi connectivity index (χ1n) is 9.32. The lowest BCUT2D eigenvalue weighted by atomic mass is 9.91. The smallest absolute Gasteiger partial charge is 0.256 e. The number of carbonyl (C=O) groups is 1. The van der Waals surface area contributed by atoms with Crippen molar-refractivity contribution in [2.75, 3.05) is 39.3 Å². The van der Waals surface area contributed by atoms with Crippen LogP contribution in [0.3, 0.4) is 0 Å². The summed E-state index contributed by atoms with van der Waals surface area (Å²) < 4.78 is 0. The van der Waals surface area contributed by atoms with Crippen molar-refractivity contribution in [3.63, 3.8) is 0 Å². The van der Waals surface area contributed by atoms with Gasteiger partial charge in [-0.15, -0.1) is 0 Å². The van der Waals surface area contributed by atoms with E-state index in [4.69, 9.17) is 0 Å². The number of hydrogen-bond acceptors (Lipinski definition) is 4. The molecular formula is C19H28N4O. The third-order valence-corrected chi connectivity index (χ3v) is 5.90. The monoisotopic (exact) mass is 328 g/mol. The molecule has 3 fully saturated rings. The number of carbonyl (C=O) groups excluding carboxylic acids is 1. The highest BCUT2D eigenvalue weighted by molar-refractivity contribution is 5.95. The maximum atomic E-state index is 13.0. The average Bonchev–Trinajstić information content (AvgIpc) is 3.03. The molecule has 1 amide bonds. The van der Waals surface area contributed by atoms with Gasteiger partial charge in [0.2, 0.25) is 0 Å². The Morgan fingerprint density at radius 2 is 1.75 bits per heavy atom. The highest BCUT2D eigenvalue weighted by Crippen LogP contribution is 2.26. The molecule has 3 aliphatic rings. The predicted octanol–water partition coefficient (Wildman–Crippen LogP) is 1.49. The van der Waals surface area contributed by atoms with Gasteiger partial charge in [0.15, 0.2) is 0 Å². The zero-order valence-corrected chi connectivity index (χ0v) is 14.6. The summed E-state index contributed by atoms with van der Waals surface area (Å²) in [5.74, 6) is 0.157. The van der Waals surface area contributed by atoms with E-state index in [-0.39, 0.29) is 12.2 Å². The molecule has 1 aromatic carbocycles. The molecule has 1 saturated carbocycles. The maximum absolute atomic E-state index is 13.0. The summed E-state index contributed by atoms with van der Waals surface area (Å²) >= 11 is 0. The molecule has 1 aromatic rings. The van der Waals surface area contributed by atoms with Gasteiger partial charge in [0.1, 0.15) is 6.29 Å². The van der Waals surface area contributed by atoms with Crippen LogP contribution < -0.4 is 5.32 Å². The van der Waals surface area contributed by atoms with E-state index in [1.807, 2.05) is 36.1 Å². The van der Waals surface area contributed by atoms with Gasteiger partial charge in [-0.2, -0.15) is 0 Å². The van der Waals surface area contributed by atoms with Gasteiger partial charge in [-0.05, 0) is 31.4 Å². The third-order valence-electron chi connectivity index (χ3n) is 5.90. The fourth-order valence-corrected chi connectivity index (χ4v) is 4.15. The lowest BCUT2D eigenvalue weighted by Gasteiger charge is -2.45. The van der Waals surface area contributed by atoms with Crippen molar-refractivity contribution in [1.29, 1.82) is 0 Å². The highest BCUT2D eigenvalue weighted by atomic mass is 16.2. The molecule has 2 aliphatic heterocycles. The molecule has 1 atom stereocenters. The van der Waals surface area contributed by atoms with Crippen LogP contribution >= 0.6 is 0 Å². The van der Waals surface area contributed by atoms with E-state index in [1.165, 1.54) is 19.3 Å². The minimum Gasteiger partial charge on any atom is -0.309 e. The molecule has 4 rings (SSSR count). The summed E-state index contributed by atoms with van der Waals surface area (Å²) in [6.45, 7) is 8.05. The first-order chi connectivity index (χ1) is 11.7. The van der Waals surface area contributed by atoms with Crippen molar-refractivity contribution >= 4 is 5.91 Å². The highest BCUT2D eigenvalue weighted by Gasteiger charge is 2.36. The van der Waals surface area contributed by atoms with Crippen molar-refractivity contribution in [2.45, 2.75) is 38.5 Å². The Kier molecular flexibility index (Phi) is 4.57. The Balaban J connectivity index is 1.42. The second-order valence-electron chi connectivity index (χ2n) is 7.30. The quantitative estimate of drug-likeness (QED) is 0.913. The van der Waals surface area contributed by atoms with Gasteiger partial charge in [0, 0.05) is 50.9 Å². The molecule has 1 aliphatic carbocycles. The Labute approximate surface area is 144 Å². The van der Waals surface area contributed by atoms with E-state index in [0.717, 1.165) is 56.4 Å². The van der Waals surface area contributed by atoms with Gasteiger partial charge in [0.25, 0.3) is 5.91 Å². The SMILES string of the molecule is Cc1ccccc1C(=O)N1CCNC1N1CCN(C2CCC2)CC1. The molecule has 1 unspecified atom stereocenters. The molecule has 1 N–H and O–H groups in total. The second-order valence-corrected chi connectivity index (χ2v) is 7.30. The predicted molar refractivity (Wildman–Crippen MR) is 94.8 cm³/mol. The van der Waals surface area contributed by atoms with Gasteiger partial charge < -0.3 is 4.90 Å². The first kappa shape index (κ1) is 16.1. The molecule has 0 spiro atoms. The number of benzene rings is 1. The van der Waals surface area contributed by atoms with E-state index < -0.39 is 0 Å². The van der Waals surface area contributed by atoms with Gasteiger partial charge in [-0.3, -0.25) is 19.9 Å². The standard InChI is InChI=1S/C19H28N4O/c1-15-5-2-3-8-17(15)18(24)23-10-9-20-19(23)22-13-11-21(12-14-22)16-6-4-7-16/h2-3,5,8,16,19-20H,4,6-7,9-14H2,1H3. The van der Waals surface area contributed by atoms with Crippen molar-refractivity contribution in [3.05, 3.63) is 35.4 Å². The van der Waals surface area contributed by atoms with E-state index >= 15 is 0 Å². The van der Waals surface area contributed by atoms with Crippen LogP contribution in [0, 0.1) is 6.92 Å². The summed E-state index contributed by atoms with van der Waals surface area (Å²) in [6, 6.07) is 8.74. The van der Waals surface area contributed by atoms with Crippen LogP contribution in [0.2, 0.25) is 0 Å². The van der Waals surface area contributed by atoms with Crippen molar-refractivity contribution in [1.82, 2.24) is 20.0 Å². The van der Waals surface area contributed by atoms with Crippen LogP contribution in [-0.4, -0.2) is 72.2 Å². The zero-order valence-electron chi connectivity index (χ0n) is 14.6. The molecule has 5 nitrogen and oxygen atoms in total. The molecular weight excluding hydrogens is 300 g/mol. The lowest BCUT2D eigenvalue weighted by Crippen LogP contribution is -2.60. The summed E-state index contributed by atoms with van der Waals surface area (Å²) in [7, 11) is 0. The number of rotatable bonds is 3. The Morgan fingerprint density at radius 3 is 2.42 bits per heavy atom. The molecule has 0 radical (unpaired) electrons. The van der Waals surface area contributed by atoms with Crippen LogP contribution in [-0.2, 0) is 0 Å². The van der Waals surface area contributed by atoms with Crippen LogP contribution in [0.5, 0.6) is 0 Å². The Hall–Kier alpha value is -1.43. The Bertz CT molecular complexity index is 593. The van der Waals surface area contributed by atoms with Crippen LogP contribution in [0.15, 0.2) is 24.3 Å². The Morgan fingerprint density at radius 1 is 1.04 bits per heavy atom. The maximum Gasteiger partial charge on any atom is 0.256 e. The zero-order chi connectivity index (χ0) is 16.5. The second kappa shape index (κ2) is 6.82. The lowest BCUT2D eigenvalue weighted by molar-refractivity contribution is -0.000764. The molecule has 0 aromatic heterocycles. The molecule has 0 bridgehead atoms. The van der Waals surface area contributed by atoms with E-state index in [0.29, 0.717) is 0 Å². The van der Waals surface area contributed by atoms with Crippen molar-refractivity contribution in [2.24, 2.45) is 0 Å². The van der Waals surface area contributed by atoms with Gasteiger partial charge in [-0.25, -0.2) is 0 Å². The molecule has 24 heavy (non-hydrogen) atoms.